The molecule has 0 saturated carbocycles. The largest absolute Gasteiger partial charge is 0.357 e. The van der Waals surface area contributed by atoms with Gasteiger partial charge in [0.25, 0.3) is 10.0 Å². The van der Waals surface area contributed by atoms with E-state index in [9.17, 15) is 18.0 Å². The van der Waals surface area contributed by atoms with Crippen LogP contribution < -0.4 is 9.62 Å². The van der Waals surface area contributed by atoms with Gasteiger partial charge in [0.1, 0.15) is 12.6 Å². The van der Waals surface area contributed by atoms with E-state index in [1.807, 2.05) is 61.5 Å². The lowest BCUT2D eigenvalue weighted by Crippen LogP contribution is -2.53. The smallest absolute Gasteiger partial charge is 0.264 e. The molecule has 0 spiro atoms. The van der Waals surface area contributed by atoms with Crippen molar-refractivity contribution < 1.29 is 18.0 Å². The van der Waals surface area contributed by atoms with Gasteiger partial charge in [0.15, 0.2) is 0 Å². The predicted molar refractivity (Wildman–Crippen MR) is 162 cm³/mol. The van der Waals surface area contributed by atoms with Gasteiger partial charge in [-0.15, -0.1) is 0 Å². The Morgan fingerprint density at radius 1 is 0.829 bits per heavy atom. The number of likely N-dealkylation sites (N-methyl/N-ethyl adjacent to an activating group) is 1. The summed E-state index contributed by atoms with van der Waals surface area (Å²) < 4.78 is 28.8. The van der Waals surface area contributed by atoms with Crippen LogP contribution >= 0.6 is 11.6 Å². The Balaban J connectivity index is 1.79. The monoisotopic (exact) mass is 589 g/mol. The number of halogens is 1. The summed E-state index contributed by atoms with van der Waals surface area (Å²) >= 11 is 6.47. The quantitative estimate of drug-likeness (QED) is 0.260. The molecule has 0 aliphatic rings. The second kappa shape index (κ2) is 13.5. The Kier molecular flexibility index (Phi) is 9.81. The first-order valence-corrected chi connectivity index (χ1v) is 15.0. The molecule has 0 heterocycles. The molecule has 7 nitrogen and oxygen atoms in total. The number of anilines is 1. The normalized spacial score (nSPS) is 11.9. The first kappa shape index (κ1) is 29.8. The number of amides is 2. The van der Waals surface area contributed by atoms with Gasteiger partial charge in [-0.25, -0.2) is 8.42 Å². The van der Waals surface area contributed by atoms with E-state index in [1.54, 1.807) is 42.5 Å². The molecular formula is C32H32ClN3O4S. The summed E-state index contributed by atoms with van der Waals surface area (Å²) in [6, 6.07) is 30.5. The minimum Gasteiger partial charge on any atom is -0.357 e. The molecule has 41 heavy (non-hydrogen) atoms. The van der Waals surface area contributed by atoms with Crippen LogP contribution in [0.3, 0.4) is 0 Å². The van der Waals surface area contributed by atoms with Crippen molar-refractivity contribution in [3.63, 3.8) is 0 Å². The van der Waals surface area contributed by atoms with Crippen LogP contribution in [0.5, 0.6) is 0 Å². The minimum atomic E-state index is -4.19. The van der Waals surface area contributed by atoms with Gasteiger partial charge in [-0.3, -0.25) is 13.9 Å². The number of hydrogen-bond donors (Lipinski definition) is 1. The Morgan fingerprint density at radius 3 is 2.07 bits per heavy atom. The van der Waals surface area contributed by atoms with Gasteiger partial charge in [0, 0.05) is 20.0 Å². The number of para-hydroxylation sites is 1. The SMILES string of the molecule is CNC(=O)C(Cc1ccccc1)N(Cc1cccc(C)c1)C(=O)CN(c1ccccc1Cl)S(=O)(=O)c1ccccc1. The van der Waals surface area contributed by atoms with Gasteiger partial charge >= 0.3 is 0 Å². The minimum absolute atomic E-state index is 0.0186. The molecule has 212 valence electrons. The molecule has 0 radical (unpaired) electrons. The molecule has 4 rings (SSSR count). The third kappa shape index (κ3) is 7.34. The molecule has 1 unspecified atom stereocenters. The number of aryl methyl sites for hydroxylation is 1. The van der Waals surface area contributed by atoms with Crippen molar-refractivity contribution >= 4 is 39.1 Å². The molecule has 1 atom stereocenters. The molecule has 4 aromatic carbocycles. The highest BCUT2D eigenvalue weighted by atomic mass is 35.5. The standard InChI is InChI=1S/C32H32ClN3O4S/c1-24-12-11-15-26(20-24)22-35(30(32(38)34-2)21-25-13-5-3-6-14-25)31(37)23-36(29-19-10-9-18-28(29)33)41(39,40)27-16-7-4-8-17-27/h3-20,30H,21-23H2,1-2H3,(H,34,38). The van der Waals surface area contributed by atoms with Crippen LogP contribution in [0.25, 0.3) is 0 Å². The van der Waals surface area contributed by atoms with Gasteiger partial charge < -0.3 is 10.2 Å². The summed E-state index contributed by atoms with van der Waals surface area (Å²) in [5, 5.41) is 2.86. The van der Waals surface area contributed by atoms with Crippen molar-refractivity contribution in [1.29, 1.82) is 0 Å². The Morgan fingerprint density at radius 2 is 1.44 bits per heavy atom. The maximum absolute atomic E-state index is 14.3. The van der Waals surface area contributed by atoms with Gasteiger partial charge in [-0.05, 0) is 42.3 Å². The number of hydrogen-bond acceptors (Lipinski definition) is 4. The highest BCUT2D eigenvalue weighted by molar-refractivity contribution is 7.92. The summed E-state index contributed by atoms with van der Waals surface area (Å²) in [4.78, 5) is 29.0. The van der Waals surface area contributed by atoms with E-state index in [-0.39, 0.29) is 34.5 Å². The van der Waals surface area contributed by atoms with E-state index in [1.165, 1.54) is 24.1 Å². The van der Waals surface area contributed by atoms with Gasteiger partial charge in [0.05, 0.1) is 15.6 Å². The fraction of sp³-hybridized carbons (Fsp3) is 0.188. The zero-order valence-electron chi connectivity index (χ0n) is 22.9. The first-order chi connectivity index (χ1) is 19.7. The number of carbonyl (C=O) groups is 2. The molecule has 1 N–H and O–H groups in total. The lowest BCUT2D eigenvalue weighted by molar-refractivity contribution is -0.139. The Hall–Kier alpha value is -4.14. The molecular weight excluding hydrogens is 558 g/mol. The van der Waals surface area contributed by atoms with Crippen LogP contribution in [0.2, 0.25) is 5.02 Å². The highest BCUT2D eigenvalue weighted by Gasteiger charge is 2.34. The maximum Gasteiger partial charge on any atom is 0.264 e. The van der Waals surface area contributed by atoms with E-state index >= 15 is 0 Å². The summed E-state index contributed by atoms with van der Waals surface area (Å²) in [7, 11) is -2.67. The van der Waals surface area contributed by atoms with Crippen LogP contribution in [-0.2, 0) is 32.6 Å². The second-order valence-corrected chi connectivity index (χ2v) is 11.9. The fourth-order valence-electron chi connectivity index (χ4n) is 4.61. The average molecular weight is 590 g/mol. The number of sulfonamides is 1. The molecule has 0 fully saturated rings. The first-order valence-electron chi connectivity index (χ1n) is 13.1. The second-order valence-electron chi connectivity index (χ2n) is 9.61. The number of rotatable bonds is 11. The van der Waals surface area contributed by atoms with Gasteiger partial charge in [0.2, 0.25) is 11.8 Å². The van der Waals surface area contributed by atoms with Crippen molar-refractivity contribution in [2.75, 3.05) is 17.9 Å². The zero-order valence-corrected chi connectivity index (χ0v) is 24.5. The predicted octanol–water partition coefficient (Wildman–Crippen LogP) is 5.23. The van der Waals surface area contributed by atoms with Crippen LogP contribution in [0.4, 0.5) is 5.69 Å². The Bertz CT molecular complexity index is 1600. The number of carbonyl (C=O) groups excluding carboxylic acids is 2. The summed E-state index contributed by atoms with van der Waals surface area (Å²) in [6.45, 7) is 1.49. The zero-order chi connectivity index (χ0) is 29.4. The lowest BCUT2D eigenvalue weighted by atomic mass is 10.0. The number of benzene rings is 4. The lowest BCUT2D eigenvalue weighted by Gasteiger charge is -2.33. The number of nitrogens with one attached hydrogen (secondary N) is 1. The van der Waals surface area contributed by atoms with Crippen molar-refractivity contribution in [1.82, 2.24) is 10.2 Å². The molecule has 0 aliphatic heterocycles. The summed E-state index contributed by atoms with van der Waals surface area (Å²) in [6.07, 6.45) is 0.246. The molecule has 9 heteroatoms. The van der Waals surface area contributed by atoms with Crippen molar-refractivity contribution in [3.05, 3.63) is 131 Å². The molecule has 4 aromatic rings. The van der Waals surface area contributed by atoms with Crippen molar-refractivity contribution in [2.45, 2.75) is 30.8 Å². The van der Waals surface area contributed by atoms with Crippen LogP contribution in [-0.4, -0.2) is 44.8 Å². The van der Waals surface area contributed by atoms with Crippen molar-refractivity contribution in [2.24, 2.45) is 0 Å². The summed E-state index contributed by atoms with van der Waals surface area (Å²) in [5.74, 6) is -0.902. The van der Waals surface area contributed by atoms with E-state index in [0.717, 1.165) is 21.0 Å². The van der Waals surface area contributed by atoms with E-state index in [4.69, 9.17) is 11.6 Å². The van der Waals surface area contributed by atoms with Crippen LogP contribution in [0.1, 0.15) is 16.7 Å². The van der Waals surface area contributed by atoms with E-state index < -0.39 is 28.5 Å². The van der Waals surface area contributed by atoms with E-state index in [0.29, 0.717) is 0 Å². The molecule has 0 saturated heterocycles. The maximum atomic E-state index is 14.3. The van der Waals surface area contributed by atoms with Gasteiger partial charge in [-0.1, -0.05) is 102 Å². The topological polar surface area (TPSA) is 86.8 Å². The van der Waals surface area contributed by atoms with Crippen molar-refractivity contribution in [3.8, 4) is 0 Å². The van der Waals surface area contributed by atoms with Crippen LogP contribution in [0, 0.1) is 6.92 Å². The Labute approximate surface area is 246 Å². The highest BCUT2D eigenvalue weighted by Crippen LogP contribution is 2.31. The molecule has 0 aromatic heterocycles. The molecule has 2 amide bonds. The fourth-order valence-corrected chi connectivity index (χ4v) is 6.36. The number of nitrogens with zero attached hydrogens (tertiary/aromatic N) is 2. The third-order valence-corrected chi connectivity index (χ3v) is 8.78. The van der Waals surface area contributed by atoms with E-state index in [2.05, 4.69) is 5.32 Å². The summed E-state index contributed by atoms with van der Waals surface area (Å²) in [5.41, 5.74) is 2.85. The van der Waals surface area contributed by atoms with Gasteiger partial charge in [-0.2, -0.15) is 0 Å². The average Bonchev–Trinajstić information content (AvgIpc) is 2.98. The van der Waals surface area contributed by atoms with Crippen LogP contribution in [0.15, 0.2) is 114 Å². The molecule has 0 bridgehead atoms. The third-order valence-electron chi connectivity index (χ3n) is 6.68. The molecule has 0 aliphatic carbocycles.